The highest BCUT2D eigenvalue weighted by Crippen LogP contribution is 2.32. The second kappa shape index (κ2) is 4.23. The van der Waals surface area contributed by atoms with Crippen LogP contribution in [0.15, 0.2) is 12.1 Å². The summed E-state index contributed by atoms with van der Waals surface area (Å²) in [5.41, 5.74) is 3.28. The maximum Gasteiger partial charge on any atom is 0.127 e. The Morgan fingerprint density at radius 2 is 2.07 bits per heavy atom. The quantitative estimate of drug-likeness (QED) is 0.820. The molecule has 0 unspecified atom stereocenters. The lowest BCUT2D eigenvalue weighted by Gasteiger charge is -2.14. The lowest BCUT2D eigenvalue weighted by atomic mass is 10.0. The molecule has 0 aromatic heterocycles. The van der Waals surface area contributed by atoms with Gasteiger partial charge in [-0.25, -0.2) is 0 Å². The monoisotopic (exact) mass is 206 g/mol. The van der Waals surface area contributed by atoms with Crippen molar-refractivity contribution in [3.63, 3.8) is 0 Å². The Labute approximate surface area is 90.9 Å². The molecule has 1 saturated carbocycles. The van der Waals surface area contributed by atoms with Crippen molar-refractivity contribution in [2.24, 2.45) is 5.92 Å². The van der Waals surface area contributed by atoms with Crippen LogP contribution in [0, 0.1) is 19.8 Å². The predicted octanol–water partition coefficient (Wildman–Crippen LogP) is 2.58. The molecular weight excluding hydrogens is 188 g/mol. The molecule has 1 aliphatic rings. The third kappa shape index (κ3) is 2.32. The maximum absolute atomic E-state index is 9.23. The highest BCUT2D eigenvalue weighted by atomic mass is 16.5. The van der Waals surface area contributed by atoms with E-state index in [1.54, 1.807) is 0 Å². The number of hydrogen-bond donors (Lipinski definition) is 1. The fraction of sp³-hybridized carbons (Fsp3) is 0.538. The van der Waals surface area contributed by atoms with Gasteiger partial charge in [-0.2, -0.15) is 0 Å². The Kier molecular flexibility index (Phi) is 2.96. The second-order valence-electron chi connectivity index (χ2n) is 4.41. The Morgan fingerprint density at radius 3 is 2.67 bits per heavy atom. The van der Waals surface area contributed by atoms with Crippen LogP contribution in [0.2, 0.25) is 0 Å². The van der Waals surface area contributed by atoms with Crippen LogP contribution >= 0.6 is 0 Å². The molecule has 1 aliphatic carbocycles. The van der Waals surface area contributed by atoms with E-state index in [1.165, 1.54) is 18.4 Å². The first-order valence-electron chi connectivity index (χ1n) is 5.55. The van der Waals surface area contributed by atoms with Gasteiger partial charge in [0.25, 0.3) is 0 Å². The number of aliphatic hydroxyl groups excluding tert-OH is 1. The Hall–Kier alpha value is -1.02. The van der Waals surface area contributed by atoms with Crippen molar-refractivity contribution in [3.05, 3.63) is 28.8 Å². The molecule has 82 valence electrons. The molecule has 2 rings (SSSR count). The van der Waals surface area contributed by atoms with Gasteiger partial charge < -0.3 is 9.84 Å². The van der Waals surface area contributed by atoms with E-state index in [4.69, 9.17) is 4.74 Å². The minimum atomic E-state index is 0.0567. The van der Waals surface area contributed by atoms with Gasteiger partial charge in [0.15, 0.2) is 0 Å². The largest absolute Gasteiger partial charge is 0.493 e. The molecule has 1 N–H and O–H groups in total. The van der Waals surface area contributed by atoms with Crippen molar-refractivity contribution in [2.45, 2.75) is 33.3 Å². The number of aliphatic hydroxyl groups is 1. The van der Waals surface area contributed by atoms with Gasteiger partial charge in [-0.3, -0.25) is 0 Å². The molecule has 1 fully saturated rings. The number of benzene rings is 1. The van der Waals surface area contributed by atoms with Crippen LogP contribution in [0.1, 0.15) is 29.5 Å². The summed E-state index contributed by atoms with van der Waals surface area (Å²) >= 11 is 0. The van der Waals surface area contributed by atoms with Gasteiger partial charge in [-0.15, -0.1) is 0 Å². The molecule has 0 aliphatic heterocycles. The Bertz CT molecular complexity index is 354. The van der Waals surface area contributed by atoms with Gasteiger partial charge in [0.2, 0.25) is 0 Å². The lowest BCUT2D eigenvalue weighted by Crippen LogP contribution is -2.04. The van der Waals surface area contributed by atoms with E-state index in [0.29, 0.717) is 0 Å². The van der Waals surface area contributed by atoms with Crippen molar-refractivity contribution in [1.82, 2.24) is 0 Å². The molecule has 0 saturated heterocycles. The molecule has 1 aromatic rings. The summed E-state index contributed by atoms with van der Waals surface area (Å²) in [6.07, 6.45) is 2.58. The molecule has 2 nitrogen and oxygen atoms in total. The molecular formula is C13H18O2. The summed E-state index contributed by atoms with van der Waals surface area (Å²) in [4.78, 5) is 0. The Morgan fingerprint density at radius 1 is 1.33 bits per heavy atom. The average molecular weight is 206 g/mol. The first-order chi connectivity index (χ1) is 7.22. The molecule has 0 heterocycles. The highest BCUT2D eigenvalue weighted by molar-refractivity contribution is 5.45. The van der Waals surface area contributed by atoms with Crippen LogP contribution in [0.3, 0.4) is 0 Å². The van der Waals surface area contributed by atoms with Crippen LogP contribution in [-0.4, -0.2) is 11.7 Å². The van der Waals surface area contributed by atoms with Crippen molar-refractivity contribution >= 4 is 0 Å². The summed E-state index contributed by atoms with van der Waals surface area (Å²) in [6, 6.07) is 3.98. The van der Waals surface area contributed by atoms with Crippen molar-refractivity contribution in [1.29, 1.82) is 0 Å². The van der Waals surface area contributed by atoms with Crippen LogP contribution in [0.5, 0.6) is 5.75 Å². The molecule has 0 atom stereocenters. The van der Waals surface area contributed by atoms with Crippen LogP contribution in [0.25, 0.3) is 0 Å². The molecule has 0 amide bonds. The summed E-state index contributed by atoms with van der Waals surface area (Å²) in [5.74, 6) is 1.64. The van der Waals surface area contributed by atoms with E-state index < -0.39 is 0 Å². The van der Waals surface area contributed by atoms with E-state index in [1.807, 2.05) is 12.1 Å². The molecule has 2 heteroatoms. The van der Waals surface area contributed by atoms with E-state index in [0.717, 1.165) is 29.4 Å². The van der Waals surface area contributed by atoms with Crippen molar-refractivity contribution < 1.29 is 9.84 Å². The molecule has 0 radical (unpaired) electrons. The van der Waals surface area contributed by atoms with Gasteiger partial charge in [-0.1, -0.05) is 12.1 Å². The molecule has 0 bridgehead atoms. The first kappa shape index (κ1) is 10.5. The van der Waals surface area contributed by atoms with Crippen molar-refractivity contribution in [2.75, 3.05) is 6.61 Å². The number of rotatable bonds is 4. The van der Waals surface area contributed by atoms with Gasteiger partial charge in [0.1, 0.15) is 5.75 Å². The van der Waals surface area contributed by atoms with Gasteiger partial charge in [0, 0.05) is 5.56 Å². The summed E-state index contributed by atoms with van der Waals surface area (Å²) in [6.45, 7) is 4.98. The zero-order chi connectivity index (χ0) is 10.8. The van der Waals surface area contributed by atoms with E-state index >= 15 is 0 Å². The molecule has 15 heavy (non-hydrogen) atoms. The van der Waals surface area contributed by atoms with E-state index in [9.17, 15) is 5.11 Å². The first-order valence-corrected chi connectivity index (χ1v) is 5.55. The van der Waals surface area contributed by atoms with Crippen LogP contribution in [0.4, 0.5) is 0 Å². The minimum absolute atomic E-state index is 0.0567. The highest BCUT2D eigenvalue weighted by Gasteiger charge is 2.22. The van der Waals surface area contributed by atoms with E-state index in [2.05, 4.69) is 13.8 Å². The fourth-order valence-corrected chi connectivity index (χ4v) is 1.66. The van der Waals surface area contributed by atoms with Crippen LogP contribution < -0.4 is 4.74 Å². The molecule has 0 spiro atoms. The normalized spacial score (nSPS) is 15.4. The molecule has 1 aromatic carbocycles. The predicted molar refractivity (Wildman–Crippen MR) is 60.1 cm³/mol. The zero-order valence-corrected chi connectivity index (χ0v) is 9.42. The Balaban J connectivity index is 2.19. The van der Waals surface area contributed by atoms with Gasteiger partial charge >= 0.3 is 0 Å². The fourth-order valence-electron chi connectivity index (χ4n) is 1.66. The maximum atomic E-state index is 9.23. The van der Waals surface area contributed by atoms with Crippen molar-refractivity contribution in [3.8, 4) is 5.75 Å². The van der Waals surface area contributed by atoms with Gasteiger partial charge in [-0.05, 0) is 43.7 Å². The van der Waals surface area contributed by atoms with Crippen LogP contribution in [-0.2, 0) is 6.61 Å². The lowest BCUT2D eigenvalue weighted by molar-refractivity contribution is 0.257. The number of hydrogen-bond acceptors (Lipinski definition) is 2. The SMILES string of the molecule is Cc1ccc(CO)c(OCC2CC2)c1C. The average Bonchev–Trinajstić information content (AvgIpc) is 3.04. The number of aryl methyl sites for hydroxylation is 1. The second-order valence-corrected chi connectivity index (χ2v) is 4.41. The van der Waals surface area contributed by atoms with E-state index in [-0.39, 0.29) is 6.61 Å². The van der Waals surface area contributed by atoms with Gasteiger partial charge in [0.05, 0.1) is 13.2 Å². The smallest absolute Gasteiger partial charge is 0.127 e. The third-order valence-electron chi connectivity index (χ3n) is 3.09. The summed E-state index contributed by atoms with van der Waals surface area (Å²) < 4.78 is 5.80. The topological polar surface area (TPSA) is 29.5 Å². The standard InChI is InChI=1S/C13H18O2/c1-9-3-6-12(7-14)13(10(9)2)15-8-11-4-5-11/h3,6,11,14H,4-5,7-8H2,1-2H3. The summed E-state index contributed by atoms with van der Waals surface area (Å²) in [5, 5.41) is 9.23. The summed E-state index contributed by atoms with van der Waals surface area (Å²) in [7, 11) is 0. The number of ether oxygens (including phenoxy) is 1. The zero-order valence-electron chi connectivity index (χ0n) is 9.42. The minimum Gasteiger partial charge on any atom is -0.493 e. The third-order valence-corrected chi connectivity index (χ3v) is 3.09.